The van der Waals surface area contributed by atoms with Gasteiger partial charge in [-0.15, -0.1) is 11.3 Å². The van der Waals surface area contributed by atoms with Crippen LogP contribution in [0.4, 0.5) is 11.4 Å². The van der Waals surface area contributed by atoms with Crippen molar-refractivity contribution < 1.29 is 9.59 Å². The zero-order valence-electron chi connectivity index (χ0n) is 16.1. The van der Waals surface area contributed by atoms with E-state index < -0.39 is 0 Å². The Morgan fingerprint density at radius 1 is 1.21 bits per heavy atom. The van der Waals surface area contributed by atoms with Crippen molar-refractivity contribution in [2.75, 3.05) is 36.4 Å². The Labute approximate surface area is 184 Å². The van der Waals surface area contributed by atoms with Crippen LogP contribution in [0.1, 0.15) is 29.4 Å². The summed E-state index contributed by atoms with van der Waals surface area (Å²) >= 11 is 13.1. The first-order chi connectivity index (χ1) is 14.0. The van der Waals surface area contributed by atoms with Crippen LogP contribution in [0.2, 0.25) is 5.02 Å². The van der Waals surface area contributed by atoms with Crippen LogP contribution < -0.4 is 15.5 Å². The van der Waals surface area contributed by atoms with E-state index >= 15 is 0 Å². The van der Waals surface area contributed by atoms with E-state index in [-0.39, 0.29) is 16.9 Å². The van der Waals surface area contributed by atoms with Crippen LogP contribution in [0.5, 0.6) is 0 Å². The standard InChI is InChI=1S/C20H23ClN4O2S2/c1-2-4-18(26)25-10-8-24(9-11-25)16-7-6-14(13-15(16)21)22-20(28)23-19(27)17-5-3-12-29-17/h3,5-7,12-13H,2,4,8-11H2,1H3,(H2,22,23,27,28). The number of nitrogens with one attached hydrogen (secondary N) is 2. The zero-order chi connectivity index (χ0) is 20.8. The maximum atomic E-state index is 12.1. The number of carbonyl (C=O) groups excluding carboxylic acids is 2. The molecule has 2 amide bonds. The van der Waals surface area contributed by atoms with E-state index in [4.69, 9.17) is 23.8 Å². The number of rotatable bonds is 5. The average Bonchev–Trinajstić information content (AvgIpc) is 3.23. The lowest BCUT2D eigenvalue weighted by Crippen LogP contribution is -2.48. The number of nitrogens with zero attached hydrogens (tertiary/aromatic N) is 2. The number of amides is 2. The number of piperazine rings is 1. The second-order valence-electron chi connectivity index (χ2n) is 6.67. The molecule has 0 aliphatic carbocycles. The molecule has 9 heteroatoms. The highest BCUT2D eigenvalue weighted by molar-refractivity contribution is 7.80. The van der Waals surface area contributed by atoms with Crippen LogP contribution in [0.15, 0.2) is 35.7 Å². The van der Waals surface area contributed by atoms with Crippen molar-refractivity contribution in [1.29, 1.82) is 0 Å². The molecule has 1 aliphatic rings. The van der Waals surface area contributed by atoms with Crippen molar-refractivity contribution >= 4 is 63.5 Å². The van der Waals surface area contributed by atoms with Crippen molar-refractivity contribution in [2.24, 2.45) is 0 Å². The molecule has 1 aliphatic heterocycles. The van der Waals surface area contributed by atoms with E-state index in [1.165, 1.54) is 11.3 Å². The molecular formula is C20H23ClN4O2S2. The summed E-state index contributed by atoms with van der Waals surface area (Å²) in [5, 5.41) is 8.29. The van der Waals surface area contributed by atoms with Gasteiger partial charge in [-0.25, -0.2) is 0 Å². The number of anilines is 2. The van der Waals surface area contributed by atoms with Crippen LogP contribution >= 0.6 is 35.2 Å². The van der Waals surface area contributed by atoms with Crippen molar-refractivity contribution in [3.63, 3.8) is 0 Å². The summed E-state index contributed by atoms with van der Waals surface area (Å²) in [5.74, 6) is -0.0217. The van der Waals surface area contributed by atoms with Crippen LogP contribution in [0.3, 0.4) is 0 Å². The van der Waals surface area contributed by atoms with Crippen LogP contribution in [0, 0.1) is 0 Å². The highest BCUT2D eigenvalue weighted by Gasteiger charge is 2.22. The summed E-state index contributed by atoms with van der Waals surface area (Å²) in [6, 6.07) is 9.14. The van der Waals surface area contributed by atoms with Gasteiger partial charge in [-0.05, 0) is 48.3 Å². The van der Waals surface area contributed by atoms with E-state index in [2.05, 4.69) is 15.5 Å². The van der Waals surface area contributed by atoms with Gasteiger partial charge in [-0.3, -0.25) is 14.9 Å². The van der Waals surface area contributed by atoms with Crippen LogP contribution in [-0.2, 0) is 4.79 Å². The van der Waals surface area contributed by atoms with Crippen molar-refractivity contribution in [3.05, 3.63) is 45.6 Å². The highest BCUT2D eigenvalue weighted by Crippen LogP contribution is 2.29. The molecule has 0 radical (unpaired) electrons. The Morgan fingerprint density at radius 3 is 2.59 bits per heavy atom. The molecule has 0 saturated carbocycles. The van der Waals surface area contributed by atoms with Gasteiger partial charge in [0.1, 0.15) is 0 Å². The first kappa shape index (κ1) is 21.5. The molecule has 29 heavy (non-hydrogen) atoms. The molecule has 6 nitrogen and oxygen atoms in total. The van der Waals surface area contributed by atoms with Gasteiger partial charge in [0.25, 0.3) is 5.91 Å². The average molecular weight is 451 g/mol. The van der Waals surface area contributed by atoms with Gasteiger partial charge >= 0.3 is 0 Å². The minimum absolute atomic E-state index is 0.218. The van der Waals surface area contributed by atoms with Gasteiger partial charge in [0.15, 0.2) is 5.11 Å². The Morgan fingerprint density at radius 2 is 1.97 bits per heavy atom. The van der Waals surface area contributed by atoms with Gasteiger partial charge in [-0.1, -0.05) is 24.6 Å². The lowest BCUT2D eigenvalue weighted by molar-refractivity contribution is -0.131. The summed E-state index contributed by atoms with van der Waals surface area (Å²) in [7, 11) is 0. The Bertz CT molecular complexity index is 881. The summed E-state index contributed by atoms with van der Waals surface area (Å²) in [4.78, 5) is 28.8. The monoisotopic (exact) mass is 450 g/mol. The molecule has 0 atom stereocenters. The molecule has 1 aromatic carbocycles. The van der Waals surface area contributed by atoms with Gasteiger partial charge in [0.2, 0.25) is 5.91 Å². The minimum Gasteiger partial charge on any atom is -0.367 e. The highest BCUT2D eigenvalue weighted by atomic mass is 35.5. The third kappa shape index (κ3) is 5.68. The second-order valence-corrected chi connectivity index (χ2v) is 8.43. The number of benzene rings is 1. The van der Waals surface area contributed by atoms with Gasteiger partial charge < -0.3 is 15.1 Å². The van der Waals surface area contributed by atoms with E-state index in [1.807, 2.05) is 35.4 Å². The van der Waals surface area contributed by atoms with Crippen molar-refractivity contribution in [1.82, 2.24) is 10.2 Å². The normalized spacial score (nSPS) is 13.9. The largest absolute Gasteiger partial charge is 0.367 e. The van der Waals surface area contributed by atoms with E-state index in [0.29, 0.717) is 35.1 Å². The number of hydrogen-bond acceptors (Lipinski definition) is 5. The Balaban J connectivity index is 1.56. The third-order valence-corrected chi connectivity index (χ3v) is 5.99. The topological polar surface area (TPSA) is 64.7 Å². The third-order valence-electron chi connectivity index (χ3n) is 4.61. The first-order valence-electron chi connectivity index (χ1n) is 9.46. The second kappa shape index (κ2) is 10.0. The van der Waals surface area contributed by atoms with Gasteiger partial charge in [0, 0.05) is 38.3 Å². The summed E-state index contributed by atoms with van der Waals surface area (Å²) in [6.07, 6.45) is 1.47. The first-order valence-corrected chi connectivity index (χ1v) is 11.1. The van der Waals surface area contributed by atoms with Crippen LogP contribution in [0.25, 0.3) is 0 Å². The number of thiocarbonyl (C=S) groups is 1. The Kier molecular flexibility index (Phi) is 7.46. The molecule has 154 valence electrons. The molecule has 3 rings (SSSR count). The lowest BCUT2D eigenvalue weighted by Gasteiger charge is -2.36. The lowest BCUT2D eigenvalue weighted by atomic mass is 10.2. The maximum absolute atomic E-state index is 12.1. The zero-order valence-corrected chi connectivity index (χ0v) is 18.5. The molecule has 2 N–H and O–H groups in total. The number of halogens is 1. The maximum Gasteiger partial charge on any atom is 0.267 e. The van der Waals surface area contributed by atoms with Crippen LogP contribution in [-0.4, -0.2) is 48.0 Å². The predicted octanol–water partition coefficient (Wildman–Crippen LogP) is 3.98. The fourth-order valence-corrected chi connectivity index (χ4v) is 4.27. The smallest absolute Gasteiger partial charge is 0.267 e. The van der Waals surface area contributed by atoms with Gasteiger partial charge in [-0.2, -0.15) is 0 Å². The molecule has 0 bridgehead atoms. The van der Waals surface area contributed by atoms with Crippen molar-refractivity contribution in [3.8, 4) is 0 Å². The summed E-state index contributed by atoms with van der Waals surface area (Å²) in [6.45, 7) is 4.92. The molecule has 1 aromatic heterocycles. The number of thiophene rings is 1. The summed E-state index contributed by atoms with van der Waals surface area (Å²) < 4.78 is 0. The molecule has 0 spiro atoms. The number of hydrogen-bond donors (Lipinski definition) is 2. The fraction of sp³-hybridized carbons (Fsp3) is 0.350. The quantitative estimate of drug-likeness (QED) is 0.674. The molecule has 2 heterocycles. The van der Waals surface area contributed by atoms with Crippen molar-refractivity contribution in [2.45, 2.75) is 19.8 Å². The Hall–Kier alpha value is -2.16. The molecule has 0 unspecified atom stereocenters. The minimum atomic E-state index is -0.240. The van der Waals surface area contributed by atoms with Gasteiger partial charge in [0.05, 0.1) is 15.6 Å². The summed E-state index contributed by atoms with van der Waals surface area (Å²) in [5.41, 5.74) is 1.63. The predicted molar refractivity (Wildman–Crippen MR) is 123 cm³/mol. The van der Waals surface area contributed by atoms with E-state index in [0.717, 1.165) is 25.2 Å². The molecule has 2 aromatic rings. The molecule has 1 saturated heterocycles. The van der Waals surface area contributed by atoms with E-state index in [1.54, 1.807) is 12.1 Å². The fourth-order valence-electron chi connectivity index (χ4n) is 3.14. The SMILES string of the molecule is CCCC(=O)N1CCN(c2ccc(NC(=S)NC(=O)c3cccs3)cc2Cl)CC1. The molecular weight excluding hydrogens is 428 g/mol. The number of carbonyl (C=O) groups is 2. The van der Waals surface area contributed by atoms with E-state index in [9.17, 15) is 9.59 Å². The molecule has 1 fully saturated rings.